The molecule has 7 nitrogen and oxygen atoms in total. The molecule has 0 heterocycles. The summed E-state index contributed by atoms with van der Waals surface area (Å²) in [6, 6.07) is 7.62. The second-order valence-electron chi connectivity index (χ2n) is 7.26. The third-order valence-corrected chi connectivity index (χ3v) is 6.74. The number of benzene rings is 2. The molecule has 2 aliphatic rings. The normalized spacial score (nSPS) is 19.9. The summed E-state index contributed by atoms with van der Waals surface area (Å²) >= 11 is 0. The third-order valence-electron chi connectivity index (χ3n) is 5.36. The average Bonchev–Trinajstić information content (AvgIpc) is 2.73. The minimum atomic E-state index is -4.01. The molecule has 0 saturated heterocycles. The summed E-state index contributed by atoms with van der Waals surface area (Å²) in [5, 5.41) is 0. The van der Waals surface area contributed by atoms with Crippen molar-refractivity contribution in [1.29, 1.82) is 0 Å². The summed E-state index contributed by atoms with van der Waals surface area (Å²) < 4.78 is 33.6. The Labute approximate surface area is 174 Å². The van der Waals surface area contributed by atoms with E-state index in [1.807, 2.05) is 6.92 Å². The SMILES string of the molecule is COc1cc(NS(=O)(=O)c2ccc(C)cc2)c2c(c1N)C(=O)C1C=CC=CC1C2=O. The Bertz CT molecular complexity index is 1230. The molecule has 2 atom stereocenters. The van der Waals surface area contributed by atoms with Gasteiger partial charge in [0.25, 0.3) is 10.0 Å². The highest BCUT2D eigenvalue weighted by Gasteiger charge is 2.43. The van der Waals surface area contributed by atoms with Crippen LogP contribution in [0.25, 0.3) is 0 Å². The first kappa shape index (κ1) is 19.9. The number of allylic oxidation sites excluding steroid dienone is 4. The molecular formula is C22H20N2O5S. The monoisotopic (exact) mass is 424 g/mol. The highest BCUT2D eigenvalue weighted by atomic mass is 32.2. The van der Waals surface area contributed by atoms with Crippen molar-refractivity contribution in [3.05, 3.63) is 71.3 Å². The van der Waals surface area contributed by atoms with E-state index >= 15 is 0 Å². The van der Waals surface area contributed by atoms with Gasteiger partial charge in [-0.2, -0.15) is 0 Å². The molecule has 0 bridgehead atoms. The molecule has 0 fully saturated rings. The summed E-state index contributed by atoms with van der Waals surface area (Å²) in [6.07, 6.45) is 6.70. The number of hydrogen-bond donors (Lipinski definition) is 2. The van der Waals surface area contributed by atoms with Crippen LogP contribution in [-0.2, 0) is 10.0 Å². The standard InChI is InChI=1S/C22H20N2O5S/c1-12-7-9-13(10-8-12)30(27,28)24-16-11-17(29-2)20(23)19-18(16)21(25)14-5-3-4-6-15(14)22(19)26/h3-11,14-15,24H,23H2,1-2H3. The van der Waals surface area contributed by atoms with E-state index in [9.17, 15) is 18.0 Å². The van der Waals surface area contributed by atoms with E-state index in [-0.39, 0.29) is 44.7 Å². The second-order valence-corrected chi connectivity index (χ2v) is 8.94. The number of ketones is 2. The zero-order valence-corrected chi connectivity index (χ0v) is 17.2. The fourth-order valence-corrected chi connectivity index (χ4v) is 4.86. The number of carbonyl (C=O) groups is 2. The number of sulfonamides is 1. The van der Waals surface area contributed by atoms with Crippen molar-refractivity contribution in [3.63, 3.8) is 0 Å². The van der Waals surface area contributed by atoms with E-state index in [0.29, 0.717) is 0 Å². The third kappa shape index (κ3) is 3.09. The first-order valence-electron chi connectivity index (χ1n) is 9.28. The molecule has 0 aromatic heterocycles. The summed E-state index contributed by atoms with van der Waals surface area (Å²) in [5.41, 5.74) is 6.98. The molecule has 2 aromatic carbocycles. The van der Waals surface area contributed by atoms with E-state index in [0.717, 1.165) is 5.56 Å². The predicted octanol–water partition coefficient (Wildman–Crippen LogP) is 3.12. The van der Waals surface area contributed by atoms with Gasteiger partial charge in [-0.15, -0.1) is 0 Å². The summed E-state index contributed by atoms with van der Waals surface area (Å²) in [5.74, 6) is -1.98. The number of carbonyl (C=O) groups excluding carboxylic acids is 2. The van der Waals surface area contributed by atoms with Crippen LogP contribution in [-0.4, -0.2) is 27.1 Å². The molecule has 2 unspecified atom stereocenters. The molecule has 0 spiro atoms. The lowest BCUT2D eigenvalue weighted by Gasteiger charge is -2.31. The summed E-state index contributed by atoms with van der Waals surface area (Å²) in [6.45, 7) is 1.85. The van der Waals surface area contributed by atoms with Gasteiger partial charge in [0.2, 0.25) is 0 Å². The van der Waals surface area contributed by atoms with Gasteiger partial charge in [0, 0.05) is 6.07 Å². The van der Waals surface area contributed by atoms with Crippen molar-refractivity contribution in [1.82, 2.24) is 0 Å². The minimum Gasteiger partial charge on any atom is -0.494 e. The van der Waals surface area contributed by atoms with Crippen LogP contribution in [0.2, 0.25) is 0 Å². The lowest BCUT2D eigenvalue weighted by atomic mass is 9.71. The van der Waals surface area contributed by atoms with E-state index in [1.165, 1.54) is 25.3 Å². The van der Waals surface area contributed by atoms with Crippen LogP contribution in [0.15, 0.2) is 59.5 Å². The van der Waals surface area contributed by atoms with Gasteiger partial charge in [-0.25, -0.2) is 8.42 Å². The molecule has 0 radical (unpaired) electrons. The second kappa shape index (κ2) is 7.14. The Morgan fingerprint density at radius 3 is 2.10 bits per heavy atom. The van der Waals surface area contributed by atoms with Crippen molar-refractivity contribution in [2.24, 2.45) is 11.8 Å². The van der Waals surface area contributed by atoms with Crippen molar-refractivity contribution >= 4 is 33.0 Å². The van der Waals surface area contributed by atoms with Crippen molar-refractivity contribution in [2.75, 3.05) is 17.6 Å². The Hall–Kier alpha value is -3.39. The smallest absolute Gasteiger partial charge is 0.261 e. The number of anilines is 2. The molecule has 0 saturated carbocycles. The van der Waals surface area contributed by atoms with E-state index in [2.05, 4.69) is 4.72 Å². The first-order valence-corrected chi connectivity index (χ1v) is 10.8. The van der Waals surface area contributed by atoms with Crippen LogP contribution in [0.3, 0.4) is 0 Å². The maximum absolute atomic E-state index is 13.3. The van der Waals surface area contributed by atoms with Gasteiger partial charge in [0.15, 0.2) is 11.6 Å². The molecule has 2 aliphatic carbocycles. The maximum Gasteiger partial charge on any atom is 0.261 e. The largest absolute Gasteiger partial charge is 0.494 e. The van der Waals surface area contributed by atoms with Crippen molar-refractivity contribution < 1.29 is 22.7 Å². The predicted molar refractivity (Wildman–Crippen MR) is 113 cm³/mol. The topological polar surface area (TPSA) is 116 Å². The van der Waals surface area contributed by atoms with Gasteiger partial charge in [-0.1, -0.05) is 42.0 Å². The van der Waals surface area contributed by atoms with Crippen LogP contribution >= 0.6 is 0 Å². The molecule has 2 aromatic rings. The quantitative estimate of drug-likeness (QED) is 0.729. The molecule has 0 amide bonds. The van der Waals surface area contributed by atoms with Crippen LogP contribution < -0.4 is 15.2 Å². The Morgan fingerprint density at radius 1 is 0.967 bits per heavy atom. The Balaban J connectivity index is 1.90. The lowest BCUT2D eigenvalue weighted by Crippen LogP contribution is -2.37. The molecular weight excluding hydrogens is 404 g/mol. The number of rotatable bonds is 4. The Kier molecular flexibility index (Phi) is 4.74. The fourth-order valence-electron chi connectivity index (χ4n) is 3.80. The van der Waals surface area contributed by atoms with E-state index in [4.69, 9.17) is 10.5 Å². The van der Waals surface area contributed by atoms with Crippen LogP contribution in [0.1, 0.15) is 26.3 Å². The number of nitrogens with two attached hydrogens (primary N) is 1. The van der Waals surface area contributed by atoms with Gasteiger partial charge in [0.1, 0.15) is 5.75 Å². The zero-order chi connectivity index (χ0) is 21.6. The highest BCUT2D eigenvalue weighted by Crippen LogP contribution is 2.44. The van der Waals surface area contributed by atoms with Gasteiger partial charge in [-0.05, 0) is 19.1 Å². The molecule has 0 aliphatic heterocycles. The molecule has 30 heavy (non-hydrogen) atoms. The van der Waals surface area contributed by atoms with Gasteiger partial charge >= 0.3 is 0 Å². The molecule has 8 heteroatoms. The minimum absolute atomic E-state index is 0.0119. The molecule has 154 valence electrons. The number of ether oxygens (including phenoxy) is 1. The van der Waals surface area contributed by atoms with Crippen LogP contribution in [0.4, 0.5) is 11.4 Å². The van der Waals surface area contributed by atoms with Crippen LogP contribution in [0, 0.1) is 18.8 Å². The number of Topliss-reactive ketones (excluding diaryl/α,β-unsaturated/α-hetero) is 2. The van der Waals surface area contributed by atoms with E-state index < -0.39 is 21.9 Å². The molecule has 4 rings (SSSR count). The summed E-state index contributed by atoms with van der Waals surface area (Å²) in [4.78, 5) is 26.5. The average molecular weight is 424 g/mol. The number of aryl methyl sites for hydroxylation is 1. The maximum atomic E-state index is 13.3. The van der Waals surface area contributed by atoms with Gasteiger partial charge < -0.3 is 10.5 Å². The summed E-state index contributed by atoms with van der Waals surface area (Å²) in [7, 11) is -2.65. The highest BCUT2D eigenvalue weighted by molar-refractivity contribution is 7.92. The van der Waals surface area contributed by atoms with Gasteiger partial charge in [-0.3, -0.25) is 14.3 Å². The number of fused-ring (bicyclic) bond motifs is 2. The number of nitrogen functional groups attached to an aromatic ring is 1. The Morgan fingerprint density at radius 2 is 1.53 bits per heavy atom. The van der Waals surface area contributed by atoms with Crippen molar-refractivity contribution in [3.8, 4) is 5.75 Å². The zero-order valence-electron chi connectivity index (χ0n) is 16.4. The first-order chi connectivity index (χ1) is 14.2. The van der Waals surface area contributed by atoms with E-state index in [1.54, 1.807) is 36.4 Å². The number of nitrogens with one attached hydrogen (secondary N) is 1. The lowest BCUT2D eigenvalue weighted by molar-refractivity contribution is 0.0803. The number of hydrogen-bond acceptors (Lipinski definition) is 6. The van der Waals surface area contributed by atoms with Gasteiger partial charge in [0.05, 0.1) is 46.3 Å². The number of methoxy groups -OCH3 is 1. The molecule has 3 N–H and O–H groups in total. The van der Waals surface area contributed by atoms with Crippen LogP contribution in [0.5, 0.6) is 5.75 Å². The van der Waals surface area contributed by atoms with Crippen molar-refractivity contribution in [2.45, 2.75) is 11.8 Å². The fraction of sp³-hybridized carbons (Fsp3) is 0.182.